The second-order valence-electron chi connectivity index (χ2n) is 2.81. The first-order valence-corrected chi connectivity index (χ1v) is 3.38. The Bertz CT molecular complexity index is 228. The Morgan fingerprint density at radius 2 is 2.00 bits per heavy atom. The van der Waals surface area contributed by atoms with Crippen LogP contribution in [0.1, 0.15) is 6.42 Å². The van der Waals surface area contributed by atoms with E-state index in [1.165, 1.54) is 0 Å². The molecule has 0 aromatic carbocycles. The Kier molecular flexibility index (Phi) is 2.03. The fraction of sp³-hybridized carbons (Fsp3) is 0.667. The van der Waals surface area contributed by atoms with E-state index in [1.54, 1.807) is 0 Å². The molecule has 0 aromatic rings. The van der Waals surface area contributed by atoms with Crippen molar-refractivity contribution in [3.8, 4) is 0 Å². The Hall–Kier alpha value is -1.14. The molecule has 1 aliphatic rings. The zero-order valence-corrected chi connectivity index (χ0v) is 6.15. The summed E-state index contributed by atoms with van der Waals surface area (Å²) in [7, 11) is 0. The molecule has 2 atom stereocenters. The number of carboxylic acids is 2. The van der Waals surface area contributed by atoms with Crippen LogP contribution in [0.25, 0.3) is 0 Å². The van der Waals surface area contributed by atoms with Crippen LogP contribution in [0.2, 0.25) is 0 Å². The molecule has 0 aromatic heterocycles. The van der Waals surface area contributed by atoms with Crippen LogP contribution in [0.5, 0.6) is 0 Å². The highest BCUT2D eigenvalue weighted by atomic mass is 16.4. The maximum atomic E-state index is 10.4. The van der Waals surface area contributed by atoms with E-state index in [-0.39, 0.29) is 13.0 Å². The van der Waals surface area contributed by atoms with Crippen LogP contribution >= 0.6 is 0 Å². The third kappa shape index (κ3) is 1.39. The molecule has 0 saturated carbocycles. The Morgan fingerprint density at radius 1 is 1.42 bits per heavy atom. The Labute approximate surface area is 67.8 Å². The fourth-order valence-corrected chi connectivity index (χ4v) is 1.11. The Morgan fingerprint density at radius 3 is 2.25 bits per heavy atom. The van der Waals surface area contributed by atoms with E-state index < -0.39 is 23.6 Å². The van der Waals surface area contributed by atoms with E-state index in [4.69, 9.17) is 10.2 Å². The first-order chi connectivity index (χ1) is 5.46. The van der Waals surface area contributed by atoms with Crippen LogP contribution in [0.3, 0.4) is 0 Å². The van der Waals surface area contributed by atoms with E-state index in [0.29, 0.717) is 0 Å². The number of hydrogen-bond donors (Lipinski definition) is 4. The van der Waals surface area contributed by atoms with Crippen LogP contribution in [-0.4, -0.2) is 45.4 Å². The van der Waals surface area contributed by atoms with E-state index in [0.717, 1.165) is 0 Å². The van der Waals surface area contributed by atoms with Gasteiger partial charge >= 0.3 is 11.9 Å². The average molecular weight is 175 g/mol. The highest BCUT2D eigenvalue weighted by molar-refractivity contribution is 5.82. The summed E-state index contributed by atoms with van der Waals surface area (Å²) in [5.41, 5.74) is -1.93. The van der Waals surface area contributed by atoms with Crippen LogP contribution in [-0.2, 0) is 9.59 Å². The first-order valence-electron chi connectivity index (χ1n) is 3.38. The van der Waals surface area contributed by atoms with Crippen molar-refractivity contribution in [1.29, 1.82) is 0 Å². The summed E-state index contributed by atoms with van der Waals surface area (Å²) in [4.78, 5) is 20.8. The maximum Gasteiger partial charge on any atom is 0.337 e. The second-order valence-corrected chi connectivity index (χ2v) is 2.81. The lowest BCUT2D eigenvalue weighted by atomic mass is 10.0. The molecule has 12 heavy (non-hydrogen) atoms. The SMILES string of the molecule is O=C(O)[C@@H]1CC(O)(C(=O)O)CN1. The largest absolute Gasteiger partial charge is 0.480 e. The van der Waals surface area contributed by atoms with Gasteiger partial charge in [0.1, 0.15) is 6.04 Å². The molecule has 0 radical (unpaired) electrons. The molecular weight excluding hydrogens is 166 g/mol. The van der Waals surface area contributed by atoms with Gasteiger partial charge in [0.2, 0.25) is 0 Å². The molecule has 1 saturated heterocycles. The first kappa shape index (κ1) is 8.95. The third-order valence-electron chi connectivity index (χ3n) is 1.88. The molecule has 1 fully saturated rings. The van der Waals surface area contributed by atoms with Crippen molar-refractivity contribution in [2.45, 2.75) is 18.1 Å². The summed E-state index contributed by atoms with van der Waals surface area (Å²) < 4.78 is 0. The smallest absolute Gasteiger partial charge is 0.337 e. The third-order valence-corrected chi connectivity index (χ3v) is 1.88. The lowest BCUT2D eigenvalue weighted by molar-refractivity contribution is -0.156. The van der Waals surface area contributed by atoms with Gasteiger partial charge in [-0.3, -0.25) is 4.79 Å². The zero-order chi connectivity index (χ0) is 9.35. The molecule has 4 N–H and O–H groups in total. The summed E-state index contributed by atoms with van der Waals surface area (Å²) in [6.45, 7) is -0.223. The molecule has 1 heterocycles. The van der Waals surface area contributed by atoms with Crippen LogP contribution in [0.4, 0.5) is 0 Å². The number of aliphatic hydroxyl groups is 1. The van der Waals surface area contributed by atoms with Gasteiger partial charge in [-0.25, -0.2) is 4.79 Å². The predicted molar refractivity (Wildman–Crippen MR) is 36.6 cm³/mol. The number of carboxylic acid groups (broad SMARTS) is 2. The molecule has 0 aliphatic carbocycles. The minimum Gasteiger partial charge on any atom is -0.480 e. The fourth-order valence-electron chi connectivity index (χ4n) is 1.11. The molecule has 1 unspecified atom stereocenters. The van der Waals surface area contributed by atoms with Crippen molar-refractivity contribution in [3.05, 3.63) is 0 Å². The van der Waals surface area contributed by atoms with E-state index in [1.807, 2.05) is 0 Å². The number of nitrogens with one attached hydrogen (secondary N) is 1. The summed E-state index contributed by atoms with van der Waals surface area (Å²) >= 11 is 0. The normalized spacial score (nSPS) is 34.9. The van der Waals surface area contributed by atoms with Crippen LogP contribution in [0.15, 0.2) is 0 Å². The van der Waals surface area contributed by atoms with Crippen molar-refractivity contribution >= 4 is 11.9 Å². The lowest BCUT2D eigenvalue weighted by Gasteiger charge is -2.13. The number of carbonyl (C=O) groups is 2. The number of β-amino-alcohol motifs (C(OH)–C–C–N with tert-alkyl or cyclic N) is 1. The number of hydrogen-bond acceptors (Lipinski definition) is 4. The summed E-state index contributed by atoms with van der Waals surface area (Å²) in [6.07, 6.45) is -0.294. The summed E-state index contributed by atoms with van der Waals surface area (Å²) in [6, 6.07) is -0.967. The summed E-state index contributed by atoms with van der Waals surface area (Å²) in [5.74, 6) is -2.54. The van der Waals surface area contributed by atoms with Crippen molar-refractivity contribution < 1.29 is 24.9 Å². The standard InChI is InChI=1S/C6H9NO5/c8-4(9)3-1-6(12,2-7-3)5(10)11/h3,7,12H,1-2H2,(H,8,9)(H,10,11)/t3-,6?/m0/s1. The van der Waals surface area contributed by atoms with Crippen molar-refractivity contribution in [2.24, 2.45) is 0 Å². The minimum absolute atomic E-state index is 0.223. The van der Waals surface area contributed by atoms with E-state index in [9.17, 15) is 14.7 Å². The summed E-state index contributed by atoms with van der Waals surface area (Å²) in [5, 5.41) is 28.6. The van der Waals surface area contributed by atoms with E-state index in [2.05, 4.69) is 5.32 Å². The Balaban J connectivity index is 2.67. The van der Waals surface area contributed by atoms with Gasteiger partial charge in [-0.2, -0.15) is 0 Å². The topological polar surface area (TPSA) is 107 Å². The van der Waals surface area contributed by atoms with Crippen LogP contribution in [0, 0.1) is 0 Å². The minimum atomic E-state index is -1.93. The van der Waals surface area contributed by atoms with Crippen molar-refractivity contribution in [3.63, 3.8) is 0 Å². The molecule has 6 nitrogen and oxygen atoms in total. The molecule has 1 rings (SSSR count). The molecular formula is C6H9NO5. The van der Waals surface area contributed by atoms with Gasteiger partial charge in [-0.05, 0) is 0 Å². The van der Waals surface area contributed by atoms with Gasteiger partial charge in [-0.15, -0.1) is 0 Å². The van der Waals surface area contributed by atoms with Crippen molar-refractivity contribution in [2.75, 3.05) is 6.54 Å². The van der Waals surface area contributed by atoms with E-state index >= 15 is 0 Å². The highest BCUT2D eigenvalue weighted by Gasteiger charge is 2.46. The molecule has 0 amide bonds. The predicted octanol–water partition coefficient (Wildman–Crippen LogP) is -1.75. The van der Waals surface area contributed by atoms with Gasteiger partial charge in [-0.1, -0.05) is 0 Å². The molecule has 0 bridgehead atoms. The number of rotatable bonds is 2. The lowest BCUT2D eigenvalue weighted by Crippen LogP contribution is -2.40. The molecule has 0 spiro atoms. The maximum absolute atomic E-state index is 10.4. The van der Waals surface area contributed by atoms with Gasteiger partial charge in [0.05, 0.1) is 0 Å². The quantitative estimate of drug-likeness (QED) is 0.396. The molecule has 6 heteroatoms. The highest BCUT2D eigenvalue weighted by Crippen LogP contribution is 2.19. The number of aliphatic carboxylic acids is 2. The van der Waals surface area contributed by atoms with Crippen molar-refractivity contribution in [1.82, 2.24) is 5.32 Å². The van der Waals surface area contributed by atoms with Gasteiger partial charge in [0.25, 0.3) is 0 Å². The van der Waals surface area contributed by atoms with Gasteiger partial charge in [0, 0.05) is 13.0 Å². The second kappa shape index (κ2) is 2.72. The van der Waals surface area contributed by atoms with Gasteiger partial charge in [0.15, 0.2) is 5.60 Å². The molecule has 68 valence electrons. The zero-order valence-electron chi connectivity index (χ0n) is 6.15. The average Bonchev–Trinajstić information content (AvgIpc) is 2.33. The molecule has 1 aliphatic heterocycles. The van der Waals surface area contributed by atoms with Crippen LogP contribution < -0.4 is 5.32 Å². The monoisotopic (exact) mass is 175 g/mol. The van der Waals surface area contributed by atoms with Gasteiger partial charge < -0.3 is 20.6 Å².